The highest BCUT2D eigenvalue weighted by Gasteiger charge is 2.10. The van der Waals surface area contributed by atoms with Gasteiger partial charge in [-0.2, -0.15) is 0 Å². The van der Waals surface area contributed by atoms with Gasteiger partial charge in [-0.1, -0.05) is 0 Å². The summed E-state index contributed by atoms with van der Waals surface area (Å²) in [6.45, 7) is 2.24. The third kappa shape index (κ3) is 1.97. The zero-order valence-corrected chi connectivity index (χ0v) is 10.6. The quantitative estimate of drug-likeness (QED) is 0.782. The second kappa shape index (κ2) is 4.42. The number of fused-ring (bicyclic) bond motifs is 1. The van der Waals surface area contributed by atoms with Crippen molar-refractivity contribution >= 4 is 22.2 Å². The summed E-state index contributed by atoms with van der Waals surface area (Å²) in [6.07, 6.45) is 1.72. The topological polar surface area (TPSA) is 37.9 Å². The number of nitrogens with one attached hydrogen (secondary N) is 1. The number of aryl methyl sites for hydroxylation is 1. The van der Waals surface area contributed by atoms with E-state index in [1.807, 2.05) is 13.0 Å². The number of halogens is 1. The molecular formula is C13H11FN2OS. The van der Waals surface area contributed by atoms with E-state index in [1.165, 1.54) is 11.3 Å². The molecule has 92 valence electrons. The Morgan fingerprint density at radius 2 is 2.33 bits per heavy atom. The lowest BCUT2D eigenvalue weighted by atomic mass is 10.2. The van der Waals surface area contributed by atoms with Crippen LogP contribution < -0.4 is 4.74 Å². The molecule has 3 rings (SSSR count). The van der Waals surface area contributed by atoms with Gasteiger partial charge in [-0.15, -0.1) is 11.3 Å². The first-order valence-corrected chi connectivity index (χ1v) is 6.40. The summed E-state index contributed by atoms with van der Waals surface area (Å²) >= 11 is 1.49. The Kier molecular flexibility index (Phi) is 2.76. The Balaban J connectivity index is 1.90. The molecular weight excluding hydrogens is 251 g/mol. The maximum atomic E-state index is 14.2. The van der Waals surface area contributed by atoms with Gasteiger partial charge >= 0.3 is 0 Å². The van der Waals surface area contributed by atoms with E-state index in [0.717, 1.165) is 16.1 Å². The smallest absolute Gasteiger partial charge is 0.174 e. The van der Waals surface area contributed by atoms with Crippen LogP contribution in [0.25, 0.3) is 10.9 Å². The molecule has 0 spiro atoms. The molecule has 0 fully saturated rings. The lowest BCUT2D eigenvalue weighted by Crippen LogP contribution is -1.95. The maximum Gasteiger partial charge on any atom is 0.174 e. The molecule has 0 radical (unpaired) electrons. The van der Waals surface area contributed by atoms with E-state index in [0.29, 0.717) is 12.0 Å². The molecule has 0 amide bonds. The second-order valence-electron chi connectivity index (χ2n) is 4.05. The van der Waals surface area contributed by atoms with Crippen molar-refractivity contribution in [3.8, 4) is 5.75 Å². The minimum Gasteiger partial charge on any atom is -0.485 e. The second-order valence-corrected chi connectivity index (χ2v) is 5.02. The molecule has 1 aromatic carbocycles. The first-order valence-electron chi connectivity index (χ1n) is 5.52. The molecule has 3 nitrogen and oxygen atoms in total. The summed E-state index contributed by atoms with van der Waals surface area (Å²) in [7, 11) is 0. The average Bonchev–Trinajstić information content (AvgIpc) is 2.97. The van der Waals surface area contributed by atoms with Crippen molar-refractivity contribution in [2.75, 3.05) is 0 Å². The summed E-state index contributed by atoms with van der Waals surface area (Å²) in [5.41, 5.74) is 3.45. The molecule has 2 heterocycles. The lowest BCUT2D eigenvalue weighted by molar-refractivity contribution is 0.294. The summed E-state index contributed by atoms with van der Waals surface area (Å²) in [5, 5.41) is 0.564. The number of thiazole rings is 1. The van der Waals surface area contributed by atoms with E-state index in [2.05, 4.69) is 9.97 Å². The molecule has 0 saturated heterocycles. The van der Waals surface area contributed by atoms with Crippen molar-refractivity contribution < 1.29 is 9.13 Å². The third-order valence-corrected chi connectivity index (χ3v) is 3.44. The number of hydrogen-bond donors (Lipinski definition) is 1. The molecule has 0 saturated carbocycles. The predicted molar refractivity (Wildman–Crippen MR) is 69.4 cm³/mol. The Labute approximate surface area is 107 Å². The van der Waals surface area contributed by atoms with E-state index in [9.17, 15) is 4.39 Å². The van der Waals surface area contributed by atoms with Gasteiger partial charge in [0.05, 0.1) is 10.4 Å². The van der Waals surface area contributed by atoms with Crippen LogP contribution in [0.5, 0.6) is 5.75 Å². The molecule has 0 atom stereocenters. The van der Waals surface area contributed by atoms with E-state index < -0.39 is 0 Å². The molecule has 0 bridgehead atoms. The summed E-state index contributed by atoms with van der Waals surface area (Å²) in [5.74, 6) is -0.0451. The van der Waals surface area contributed by atoms with Crippen molar-refractivity contribution in [3.63, 3.8) is 0 Å². The number of ether oxygens (including phenoxy) is 1. The van der Waals surface area contributed by atoms with Crippen molar-refractivity contribution in [1.82, 2.24) is 9.97 Å². The van der Waals surface area contributed by atoms with E-state index in [1.54, 1.807) is 23.8 Å². The monoisotopic (exact) mass is 262 g/mol. The number of nitrogens with zero attached hydrogens (tertiary/aromatic N) is 1. The summed E-state index contributed by atoms with van der Waals surface area (Å²) < 4.78 is 19.6. The third-order valence-electron chi connectivity index (χ3n) is 2.69. The van der Waals surface area contributed by atoms with Gasteiger partial charge in [0, 0.05) is 22.8 Å². The molecule has 2 aromatic heterocycles. The first kappa shape index (κ1) is 11.2. The van der Waals surface area contributed by atoms with Gasteiger partial charge in [0.25, 0.3) is 0 Å². The zero-order valence-electron chi connectivity index (χ0n) is 9.74. The number of rotatable bonds is 3. The minimum absolute atomic E-state index is 0.273. The normalized spacial score (nSPS) is 11.0. The highest BCUT2D eigenvalue weighted by Crippen LogP contribution is 2.27. The Morgan fingerprint density at radius 3 is 3.11 bits per heavy atom. The van der Waals surface area contributed by atoms with E-state index in [4.69, 9.17) is 4.74 Å². The van der Waals surface area contributed by atoms with Gasteiger partial charge in [-0.3, -0.25) is 4.98 Å². The van der Waals surface area contributed by atoms with E-state index in [-0.39, 0.29) is 11.6 Å². The average molecular weight is 262 g/mol. The Bertz CT molecular complexity index is 676. The van der Waals surface area contributed by atoms with Crippen LogP contribution in [0.15, 0.2) is 29.9 Å². The van der Waals surface area contributed by atoms with Crippen molar-refractivity contribution in [2.24, 2.45) is 0 Å². The van der Waals surface area contributed by atoms with Gasteiger partial charge in [0.2, 0.25) is 0 Å². The number of aromatic amines is 1. The number of benzene rings is 1. The molecule has 1 N–H and O–H groups in total. The fourth-order valence-electron chi connectivity index (χ4n) is 1.86. The lowest BCUT2D eigenvalue weighted by Gasteiger charge is -2.06. The maximum absolute atomic E-state index is 14.2. The molecule has 5 heteroatoms. The van der Waals surface area contributed by atoms with Crippen LogP contribution in [-0.4, -0.2) is 9.97 Å². The van der Waals surface area contributed by atoms with Gasteiger partial charge in [-0.25, -0.2) is 4.39 Å². The van der Waals surface area contributed by atoms with Gasteiger partial charge in [0.15, 0.2) is 11.6 Å². The minimum atomic E-state index is -0.318. The van der Waals surface area contributed by atoms with Crippen LogP contribution >= 0.6 is 11.3 Å². The van der Waals surface area contributed by atoms with Crippen LogP contribution in [-0.2, 0) is 6.61 Å². The van der Waals surface area contributed by atoms with Crippen LogP contribution in [0.1, 0.15) is 10.6 Å². The van der Waals surface area contributed by atoms with E-state index >= 15 is 0 Å². The first-order chi connectivity index (χ1) is 8.74. The zero-order chi connectivity index (χ0) is 12.5. The van der Waals surface area contributed by atoms with Gasteiger partial charge in [0.1, 0.15) is 6.61 Å². The highest BCUT2D eigenvalue weighted by atomic mass is 32.1. The van der Waals surface area contributed by atoms with Gasteiger partial charge in [-0.05, 0) is 25.1 Å². The standard InChI is InChI=1S/C13H11FN2OS/c1-8-4-10-11(16-8)2-3-12(13(10)14)17-6-9-5-15-7-18-9/h2-5,7,16H,6H2,1H3. The van der Waals surface area contributed by atoms with Crippen LogP contribution in [0.4, 0.5) is 4.39 Å². The fourth-order valence-corrected chi connectivity index (χ4v) is 2.37. The SMILES string of the molecule is Cc1cc2c(F)c(OCc3cncs3)ccc2[nH]1. The van der Waals surface area contributed by atoms with Crippen molar-refractivity contribution in [1.29, 1.82) is 0 Å². The number of aromatic nitrogens is 2. The Hall–Kier alpha value is -1.88. The largest absolute Gasteiger partial charge is 0.485 e. The van der Waals surface area contributed by atoms with Crippen LogP contribution in [0.2, 0.25) is 0 Å². The summed E-state index contributed by atoms with van der Waals surface area (Å²) in [4.78, 5) is 8.01. The molecule has 0 aliphatic heterocycles. The predicted octanol–water partition coefficient (Wildman–Crippen LogP) is 3.65. The summed E-state index contributed by atoms with van der Waals surface area (Å²) in [6, 6.07) is 5.26. The number of H-pyrrole nitrogens is 1. The molecule has 0 aliphatic rings. The fraction of sp³-hybridized carbons (Fsp3) is 0.154. The molecule has 3 aromatic rings. The van der Waals surface area contributed by atoms with Crippen molar-refractivity contribution in [3.05, 3.63) is 46.3 Å². The molecule has 18 heavy (non-hydrogen) atoms. The Morgan fingerprint density at radius 1 is 1.44 bits per heavy atom. The number of hydrogen-bond acceptors (Lipinski definition) is 3. The highest BCUT2D eigenvalue weighted by molar-refractivity contribution is 7.09. The van der Waals surface area contributed by atoms with Gasteiger partial charge < -0.3 is 9.72 Å². The van der Waals surface area contributed by atoms with Crippen LogP contribution in [0.3, 0.4) is 0 Å². The van der Waals surface area contributed by atoms with Crippen LogP contribution in [0, 0.1) is 12.7 Å². The molecule has 0 aliphatic carbocycles. The van der Waals surface area contributed by atoms with Crippen molar-refractivity contribution in [2.45, 2.75) is 13.5 Å². The molecule has 0 unspecified atom stereocenters.